The molecular formula is C22H21FN2O2S2. The number of anilines is 1. The number of hydrogen-bond donors (Lipinski definition) is 1. The van der Waals surface area contributed by atoms with Gasteiger partial charge >= 0.3 is 0 Å². The van der Waals surface area contributed by atoms with Gasteiger partial charge in [0.1, 0.15) is 10.1 Å². The highest BCUT2D eigenvalue weighted by atomic mass is 32.2. The first-order valence-electron chi connectivity index (χ1n) is 9.39. The summed E-state index contributed by atoms with van der Waals surface area (Å²) in [4.78, 5) is 26.8. The normalized spacial score (nSPS) is 15.2. The maximum Gasteiger partial charge on any atom is 0.266 e. The molecule has 150 valence electrons. The van der Waals surface area contributed by atoms with E-state index in [1.54, 1.807) is 17.0 Å². The van der Waals surface area contributed by atoms with E-state index in [2.05, 4.69) is 5.32 Å². The molecule has 0 unspecified atom stereocenters. The molecule has 1 fully saturated rings. The highest BCUT2D eigenvalue weighted by Crippen LogP contribution is 2.32. The van der Waals surface area contributed by atoms with Crippen LogP contribution in [0.2, 0.25) is 0 Å². The number of carbonyl (C=O) groups is 2. The summed E-state index contributed by atoms with van der Waals surface area (Å²) < 4.78 is 13.7. The molecule has 1 aliphatic rings. The Balaban J connectivity index is 1.40. The lowest BCUT2D eigenvalue weighted by molar-refractivity contribution is -0.122. The van der Waals surface area contributed by atoms with Gasteiger partial charge in [-0.15, -0.1) is 0 Å². The Kier molecular flexibility index (Phi) is 7.55. The van der Waals surface area contributed by atoms with Gasteiger partial charge < -0.3 is 5.32 Å². The van der Waals surface area contributed by atoms with Crippen LogP contribution in [0.25, 0.3) is 6.08 Å². The largest absolute Gasteiger partial charge is 0.326 e. The van der Waals surface area contributed by atoms with Crippen LogP contribution in [0.1, 0.15) is 31.2 Å². The zero-order valence-corrected chi connectivity index (χ0v) is 17.4. The van der Waals surface area contributed by atoms with Gasteiger partial charge in [0.2, 0.25) is 5.91 Å². The van der Waals surface area contributed by atoms with Gasteiger partial charge in [0, 0.05) is 18.7 Å². The number of amides is 2. The van der Waals surface area contributed by atoms with E-state index in [0.717, 1.165) is 18.4 Å². The van der Waals surface area contributed by atoms with E-state index >= 15 is 0 Å². The number of benzene rings is 2. The smallest absolute Gasteiger partial charge is 0.266 e. The van der Waals surface area contributed by atoms with Gasteiger partial charge in [-0.05, 0) is 42.7 Å². The highest BCUT2D eigenvalue weighted by molar-refractivity contribution is 8.26. The maximum atomic E-state index is 13.1. The predicted molar refractivity (Wildman–Crippen MR) is 120 cm³/mol. The first kappa shape index (κ1) is 21.2. The Bertz CT molecular complexity index is 931. The Morgan fingerprint density at radius 1 is 1.10 bits per heavy atom. The quantitative estimate of drug-likeness (QED) is 0.356. The molecule has 0 spiro atoms. The van der Waals surface area contributed by atoms with Gasteiger partial charge in [-0.3, -0.25) is 14.5 Å². The molecule has 0 atom stereocenters. The first-order chi connectivity index (χ1) is 14.0. The van der Waals surface area contributed by atoms with Crippen molar-refractivity contribution in [3.63, 3.8) is 0 Å². The number of thioether (sulfide) groups is 1. The molecule has 7 heteroatoms. The summed E-state index contributed by atoms with van der Waals surface area (Å²) in [5, 5.41) is 2.68. The third-order valence-electron chi connectivity index (χ3n) is 4.36. The molecule has 1 aliphatic heterocycles. The summed E-state index contributed by atoms with van der Waals surface area (Å²) >= 11 is 6.67. The maximum absolute atomic E-state index is 13.1. The zero-order chi connectivity index (χ0) is 20.6. The summed E-state index contributed by atoms with van der Waals surface area (Å²) in [6.07, 6.45) is 4.46. The van der Waals surface area contributed by atoms with Crippen LogP contribution in [0, 0.1) is 5.82 Å². The molecule has 0 saturated carbocycles. The molecule has 29 heavy (non-hydrogen) atoms. The third kappa shape index (κ3) is 6.24. The number of nitrogens with zero attached hydrogens (tertiary/aromatic N) is 1. The van der Waals surface area contributed by atoms with Crippen molar-refractivity contribution in [3.8, 4) is 0 Å². The third-order valence-corrected chi connectivity index (χ3v) is 5.74. The van der Waals surface area contributed by atoms with E-state index in [-0.39, 0.29) is 17.6 Å². The first-order valence-corrected chi connectivity index (χ1v) is 10.6. The fourth-order valence-corrected chi connectivity index (χ4v) is 4.22. The second-order valence-corrected chi connectivity index (χ2v) is 8.29. The Labute approximate surface area is 179 Å². The van der Waals surface area contributed by atoms with Crippen molar-refractivity contribution in [3.05, 3.63) is 70.9 Å². The van der Waals surface area contributed by atoms with Crippen LogP contribution in [0.5, 0.6) is 0 Å². The molecule has 0 radical (unpaired) electrons. The minimum absolute atomic E-state index is 0.0623. The fourth-order valence-electron chi connectivity index (χ4n) is 2.92. The average molecular weight is 429 g/mol. The summed E-state index contributed by atoms with van der Waals surface area (Å²) in [6, 6.07) is 15.5. The number of halogens is 1. The van der Waals surface area contributed by atoms with Gasteiger partial charge in [-0.25, -0.2) is 4.39 Å². The molecule has 4 nitrogen and oxygen atoms in total. The van der Waals surface area contributed by atoms with Crippen molar-refractivity contribution in [1.82, 2.24) is 4.90 Å². The van der Waals surface area contributed by atoms with Crippen LogP contribution in [-0.4, -0.2) is 27.6 Å². The molecule has 0 aliphatic carbocycles. The summed E-state index contributed by atoms with van der Waals surface area (Å²) in [5.41, 5.74) is 1.43. The molecule has 0 bridgehead atoms. The lowest BCUT2D eigenvalue weighted by Gasteiger charge is -2.14. The summed E-state index contributed by atoms with van der Waals surface area (Å²) in [5.74, 6) is -0.590. The number of rotatable bonds is 8. The van der Waals surface area contributed by atoms with Crippen LogP contribution in [0.15, 0.2) is 59.5 Å². The van der Waals surface area contributed by atoms with Crippen LogP contribution in [0.3, 0.4) is 0 Å². The average Bonchev–Trinajstić information content (AvgIpc) is 2.95. The number of hydrogen-bond acceptors (Lipinski definition) is 4. The van der Waals surface area contributed by atoms with Crippen molar-refractivity contribution in [2.24, 2.45) is 0 Å². The van der Waals surface area contributed by atoms with Crippen molar-refractivity contribution in [2.75, 3.05) is 11.9 Å². The fraction of sp³-hybridized carbons (Fsp3) is 0.227. The Morgan fingerprint density at radius 3 is 2.66 bits per heavy atom. The number of carbonyl (C=O) groups excluding carboxylic acids is 2. The van der Waals surface area contributed by atoms with Gasteiger partial charge in [0.25, 0.3) is 5.91 Å². The van der Waals surface area contributed by atoms with E-state index in [4.69, 9.17) is 12.2 Å². The van der Waals surface area contributed by atoms with Gasteiger partial charge in [-0.2, -0.15) is 0 Å². The predicted octanol–water partition coefficient (Wildman–Crippen LogP) is 5.23. The molecule has 2 amide bonds. The zero-order valence-electron chi connectivity index (χ0n) is 15.8. The van der Waals surface area contributed by atoms with Crippen molar-refractivity contribution >= 4 is 51.9 Å². The van der Waals surface area contributed by atoms with E-state index in [0.29, 0.717) is 34.3 Å². The minimum Gasteiger partial charge on any atom is -0.326 e. The summed E-state index contributed by atoms with van der Waals surface area (Å²) in [7, 11) is 0. The van der Waals surface area contributed by atoms with Crippen LogP contribution in [-0.2, 0) is 9.59 Å². The van der Waals surface area contributed by atoms with Crippen molar-refractivity contribution in [1.29, 1.82) is 0 Å². The van der Waals surface area contributed by atoms with Gasteiger partial charge in [0.05, 0.1) is 4.91 Å². The lowest BCUT2D eigenvalue weighted by Crippen LogP contribution is -2.29. The van der Waals surface area contributed by atoms with E-state index < -0.39 is 0 Å². The van der Waals surface area contributed by atoms with E-state index in [1.807, 2.05) is 36.4 Å². The molecule has 1 N–H and O–H groups in total. The lowest BCUT2D eigenvalue weighted by atomic mass is 10.1. The molecule has 1 saturated heterocycles. The monoisotopic (exact) mass is 428 g/mol. The minimum atomic E-state index is -0.382. The topological polar surface area (TPSA) is 49.4 Å². The number of thiocarbonyl (C=S) groups is 1. The van der Waals surface area contributed by atoms with Crippen LogP contribution >= 0.6 is 24.0 Å². The standard InChI is InChI=1S/C22H21FN2O2S2/c23-17-10-7-11-18(15-17)24-20(26)12-5-2-6-13-25-21(27)19(29-22(25)28)14-16-8-3-1-4-9-16/h1,3-4,7-11,14-15H,2,5-6,12-13H2,(H,24,26). The number of unbranched alkanes of at least 4 members (excludes halogenated alkanes) is 2. The Hall–Kier alpha value is -2.51. The molecule has 2 aromatic carbocycles. The Morgan fingerprint density at radius 2 is 1.90 bits per heavy atom. The SMILES string of the molecule is O=C(CCCCCN1C(=O)C(=Cc2ccccc2)SC1=S)Nc1cccc(F)c1. The molecule has 3 rings (SSSR count). The molecule has 2 aromatic rings. The highest BCUT2D eigenvalue weighted by Gasteiger charge is 2.31. The summed E-state index contributed by atoms with van der Waals surface area (Å²) in [6.45, 7) is 0.544. The van der Waals surface area contributed by atoms with Crippen molar-refractivity contribution < 1.29 is 14.0 Å². The van der Waals surface area contributed by atoms with E-state index in [1.165, 1.54) is 23.9 Å². The molecule has 1 heterocycles. The van der Waals surface area contributed by atoms with Crippen molar-refractivity contribution in [2.45, 2.75) is 25.7 Å². The second kappa shape index (κ2) is 10.3. The van der Waals surface area contributed by atoms with E-state index in [9.17, 15) is 14.0 Å². The van der Waals surface area contributed by atoms with Crippen LogP contribution in [0.4, 0.5) is 10.1 Å². The molecule has 0 aromatic heterocycles. The number of nitrogens with one attached hydrogen (secondary N) is 1. The van der Waals surface area contributed by atoms with Crippen LogP contribution < -0.4 is 5.32 Å². The second-order valence-electron chi connectivity index (χ2n) is 6.61. The molecular weight excluding hydrogens is 407 g/mol. The van der Waals surface area contributed by atoms with Gasteiger partial charge in [0.15, 0.2) is 0 Å². The van der Waals surface area contributed by atoms with Gasteiger partial charge in [-0.1, -0.05) is 66.8 Å².